The van der Waals surface area contributed by atoms with Crippen LogP contribution in [0.15, 0.2) is 52.1 Å². The molecule has 3 heterocycles. The summed E-state index contributed by atoms with van der Waals surface area (Å²) in [4.78, 5) is 16.7. The maximum Gasteiger partial charge on any atom is 0.268 e. The van der Waals surface area contributed by atoms with E-state index in [2.05, 4.69) is 56.1 Å². The van der Waals surface area contributed by atoms with Crippen LogP contribution >= 0.6 is 27.3 Å². The van der Waals surface area contributed by atoms with Gasteiger partial charge in [0.2, 0.25) is 0 Å². The number of fused-ring (bicyclic) bond motifs is 1. The molecule has 3 aromatic rings. The number of nitrogens with zero attached hydrogens (tertiary/aromatic N) is 2. The quantitative estimate of drug-likeness (QED) is 0.624. The highest BCUT2D eigenvalue weighted by atomic mass is 79.9. The molecule has 0 aromatic carbocycles. The molecule has 0 fully saturated rings. The van der Waals surface area contributed by atoms with Crippen molar-refractivity contribution in [3.63, 3.8) is 0 Å². The Balaban J connectivity index is 1.88. The van der Waals surface area contributed by atoms with E-state index in [1.54, 1.807) is 23.7 Å². The number of allylic oxidation sites excluding steroid dienone is 2. The number of carbonyl (C=O) groups excluding carboxylic acids is 1. The Kier molecular flexibility index (Phi) is 5.16. The van der Waals surface area contributed by atoms with Crippen molar-refractivity contribution in [3.05, 3.63) is 63.4 Å². The van der Waals surface area contributed by atoms with Gasteiger partial charge in [-0.3, -0.25) is 9.78 Å². The van der Waals surface area contributed by atoms with Gasteiger partial charge in [0.1, 0.15) is 5.69 Å². The molecule has 0 aliphatic carbocycles. The highest BCUT2D eigenvalue weighted by Gasteiger charge is 2.18. The first-order valence-corrected chi connectivity index (χ1v) is 9.30. The molecule has 0 bridgehead atoms. The summed E-state index contributed by atoms with van der Waals surface area (Å²) in [5.74, 6) is -0.0655. The molecule has 0 radical (unpaired) electrons. The van der Waals surface area contributed by atoms with Crippen LogP contribution in [0.25, 0.3) is 10.2 Å². The minimum absolute atomic E-state index is 0.0655. The van der Waals surface area contributed by atoms with Gasteiger partial charge in [-0.2, -0.15) is 0 Å². The predicted octanol–water partition coefficient (Wildman–Crippen LogP) is 4.76. The van der Waals surface area contributed by atoms with E-state index in [0.717, 1.165) is 20.3 Å². The number of rotatable bonds is 5. The summed E-state index contributed by atoms with van der Waals surface area (Å²) in [6, 6.07) is 5.76. The van der Waals surface area contributed by atoms with Gasteiger partial charge in [0.25, 0.3) is 5.91 Å². The number of amides is 1. The number of pyridine rings is 1. The van der Waals surface area contributed by atoms with Gasteiger partial charge < -0.3 is 9.88 Å². The monoisotopic (exact) mass is 403 g/mol. The maximum absolute atomic E-state index is 12.7. The van der Waals surface area contributed by atoms with Gasteiger partial charge in [-0.05, 0) is 53.5 Å². The fraction of sp³-hybridized carbons (Fsp3) is 0.222. The lowest BCUT2D eigenvalue weighted by Gasteiger charge is -2.10. The Morgan fingerprint density at radius 3 is 2.83 bits per heavy atom. The molecule has 1 amide bonds. The van der Waals surface area contributed by atoms with Crippen LogP contribution in [0.2, 0.25) is 0 Å². The molecule has 0 aliphatic rings. The largest absolute Gasteiger partial charge is 0.347 e. The first-order valence-electron chi connectivity index (χ1n) is 7.63. The molecule has 3 aromatic heterocycles. The summed E-state index contributed by atoms with van der Waals surface area (Å²) >= 11 is 5.23. The van der Waals surface area contributed by atoms with E-state index in [0.29, 0.717) is 18.8 Å². The van der Waals surface area contributed by atoms with Gasteiger partial charge in [-0.25, -0.2) is 0 Å². The Morgan fingerprint density at radius 2 is 2.12 bits per heavy atom. The van der Waals surface area contributed by atoms with Crippen LogP contribution < -0.4 is 5.32 Å². The molecule has 0 saturated carbocycles. The van der Waals surface area contributed by atoms with E-state index >= 15 is 0 Å². The Hall–Kier alpha value is -1.92. The second-order valence-electron chi connectivity index (χ2n) is 5.76. The molecule has 1 N–H and O–H groups in total. The van der Waals surface area contributed by atoms with Crippen LogP contribution in [0.1, 0.15) is 29.9 Å². The van der Waals surface area contributed by atoms with Crippen molar-refractivity contribution >= 4 is 43.4 Å². The van der Waals surface area contributed by atoms with Crippen molar-refractivity contribution in [3.8, 4) is 0 Å². The molecule has 6 heteroatoms. The number of thiophene rings is 1. The third-order valence-electron chi connectivity index (χ3n) is 3.69. The van der Waals surface area contributed by atoms with E-state index in [1.807, 2.05) is 18.2 Å². The second-order valence-corrected chi connectivity index (χ2v) is 7.52. The normalized spacial score (nSPS) is 10.8. The van der Waals surface area contributed by atoms with Crippen molar-refractivity contribution in [2.24, 2.45) is 0 Å². The van der Waals surface area contributed by atoms with Gasteiger partial charge in [0.15, 0.2) is 0 Å². The fourth-order valence-electron chi connectivity index (χ4n) is 2.46. The summed E-state index contributed by atoms with van der Waals surface area (Å²) in [6.45, 7) is 5.29. The molecular weight excluding hydrogens is 386 g/mol. The average molecular weight is 404 g/mol. The molecule has 0 spiro atoms. The van der Waals surface area contributed by atoms with Gasteiger partial charge in [0.05, 0.1) is 14.7 Å². The van der Waals surface area contributed by atoms with Crippen LogP contribution in [0.5, 0.6) is 0 Å². The molecular formula is C18H18BrN3OS. The zero-order chi connectivity index (χ0) is 17.1. The Bertz CT molecular complexity index is 892. The molecule has 124 valence electrons. The summed E-state index contributed by atoms with van der Waals surface area (Å²) < 4.78 is 4.20. The average Bonchev–Trinajstić information content (AvgIpc) is 3.12. The molecule has 24 heavy (non-hydrogen) atoms. The van der Waals surface area contributed by atoms with Crippen LogP contribution in [0.3, 0.4) is 0 Å². The fourth-order valence-corrected chi connectivity index (χ4v) is 4.15. The molecule has 0 saturated heterocycles. The zero-order valence-corrected chi connectivity index (χ0v) is 15.9. The van der Waals surface area contributed by atoms with Crippen molar-refractivity contribution in [2.75, 3.05) is 0 Å². The van der Waals surface area contributed by atoms with E-state index < -0.39 is 0 Å². The molecule has 4 nitrogen and oxygen atoms in total. The van der Waals surface area contributed by atoms with Crippen molar-refractivity contribution in [1.82, 2.24) is 14.9 Å². The van der Waals surface area contributed by atoms with Crippen molar-refractivity contribution in [1.29, 1.82) is 0 Å². The summed E-state index contributed by atoms with van der Waals surface area (Å²) in [6.07, 6.45) is 5.58. The van der Waals surface area contributed by atoms with E-state index in [9.17, 15) is 4.79 Å². The number of hydrogen-bond acceptors (Lipinski definition) is 3. The van der Waals surface area contributed by atoms with Crippen LogP contribution in [0, 0.1) is 0 Å². The zero-order valence-electron chi connectivity index (χ0n) is 13.5. The number of halogens is 1. The summed E-state index contributed by atoms with van der Waals surface area (Å²) in [5, 5.41) is 5.05. The summed E-state index contributed by atoms with van der Waals surface area (Å²) in [5.41, 5.74) is 4.02. The Morgan fingerprint density at radius 1 is 1.38 bits per heavy atom. The third-order valence-corrected chi connectivity index (χ3v) is 5.52. The SMILES string of the molecule is CC(C)=CCn1c(C(=O)NCc2ccncc2)cc2scc(Br)c21. The standard InChI is InChI=1S/C18H18BrN3OS/c1-12(2)5-8-22-15(9-16-17(22)14(19)11-24-16)18(23)21-10-13-3-6-20-7-4-13/h3-7,9,11H,8,10H2,1-2H3,(H,21,23). The minimum atomic E-state index is -0.0655. The van der Waals surface area contributed by atoms with Gasteiger partial charge in [-0.1, -0.05) is 11.6 Å². The van der Waals surface area contributed by atoms with Crippen molar-refractivity contribution < 1.29 is 4.79 Å². The topological polar surface area (TPSA) is 46.9 Å². The molecule has 0 atom stereocenters. The van der Waals surface area contributed by atoms with Crippen molar-refractivity contribution in [2.45, 2.75) is 26.9 Å². The smallest absolute Gasteiger partial charge is 0.268 e. The van der Waals surface area contributed by atoms with E-state index in [-0.39, 0.29) is 5.91 Å². The lowest BCUT2D eigenvalue weighted by Crippen LogP contribution is -2.25. The highest BCUT2D eigenvalue weighted by molar-refractivity contribution is 9.10. The van der Waals surface area contributed by atoms with Gasteiger partial charge >= 0.3 is 0 Å². The minimum Gasteiger partial charge on any atom is -0.347 e. The van der Waals surface area contributed by atoms with Crippen LogP contribution in [-0.2, 0) is 13.1 Å². The number of aromatic nitrogens is 2. The lowest BCUT2D eigenvalue weighted by atomic mass is 10.2. The van der Waals surface area contributed by atoms with E-state index in [1.165, 1.54) is 5.57 Å². The predicted molar refractivity (Wildman–Crippen MR) is 102 cm³/mol. The maximum atomic E-state index is 12.7. The van der Waals surface area contributed by atoms with Gasteiger partial charge in [-0.15, -0.1) is 11.3 Å². The molecule has 0 unspecified atom stereocenters. The number of nitrogens with one attached hydrogen (secondary N) is 1. The number of carbonyl (C=O) groups is 1. The first kappa shape index (κ1) is 16.9. The van der Waals surface area contributed by atoms with Crippen LogP contribution in [-0.4, -0.2) is 15.5 Å². The van der Waals surface area contributed by atoms with Crippen LogP contribution in [0.4, 0.5) is 0 Å². The molecule has 0 aliphatic heterocycles. The van der Waals surface area contributed by atoms with E-state index in [4.69, 9.17) is 0 Å². The second kappa shape index (κ2) is 7.32. The number of hydrogen-bond donors (Lipinski definition) is 1. The lowest BCUT2D eigenvalue weighted by molar-refractivity contribution is 0.0942. The third kappa shape index (κ3) is 3.60. The molecule has 3 rings (SSSR count). The summed E-state index contributed by atoms with van der Waals surface area (Å²) in [7, 11) is 0. The Labute approximate surface area is 153 Å². The highest BCUT2D eigenvalue weighted by Crippen LogP contribution is 2.33. The first-order chi connectivity index (χ1) is 11.6. The van der Waals surface area contributed by atoms with Gasteiger partial charge in [0, 0.05) is 30.9 Å².